The van der Waals surface area contributed by atoms with Crippen LogP contribution in [0.25, 0.3) is 22.3 Å². The van der Waals surface area contributed by atoms with Gasteiger partial charge in [0, 0.05) is 11.1 Å². The van der Waals surface area contributed by atoms with E-state index in [2.05, 4.69) is 0 Å². The van der Waals surface area contributed by atoms with Crippen LogP contribution in [0, 0.1) is 0 Å². The first-order valence-electron chi connectivity index (χ1n) is 9.70. The van der Waals surface area contributed by atoms with Crippen LogP contribution in [0.5, 0.6) is 11.5 Å². The second-order valence-electron chi connectivity index (χ2n) is 6.95. The zero-order valence-electron chi connectivity index (χ0n) is 16.6. The number of amides is 2. The van der Waals surface area contributed by atoms with Crippen molar-refractivity contribution in [1.82, 2.24) is 0 Å². The molecule has 0 saturated carbocycles. The van der Waals surface area contributed by atoms with Gasteiger partial charge in [-0.3, -0.25) is 9.59 Å². The topological polar surface area (TPSA) is 95.4 Å². The minimum atomic E-state index is -0.612. The number of benzene rings is 4. The quantitative estimate of drug-likeness (QED) is 0.469. The van der Waals surface area contributed by atoms with Gasteiger partial charge in [-0.2, -0.15) is 0 Å². The van der Waals surface area contributed by atoms with Gasteiger partial charge in [0.1, 0.15) is 11.5 Å². The highest BCUT2D eigenvalue weighted by Crippen LogP contribution is 2.39. The lowest BCUT2D eigenvalue weighted by Crippen LogP contribution is -2.17. The third-order valence-electron chi connectivity index (χ3n) is 4.90. The Balaban J connectivity index is 1.98. The molecular formula is C26H20N2O3. The number of ether oxygens (including phenoxy) is 1. The third kappa shape index (κ3) is 4.16. The lowest BCUT2D eigenvalue weighted by atomic mass is 9.88. The van der Waals surface area contributed by atoms with Gasteiger partial charge in [0.25, 0.3) is 0 Å². The van der Waals surface area contributed by atoms with E-state index < -0.39 is 11.8 Å². The first-order chi connectivity index (χ1) is 15.0. The fraction of sp³-hybridized carbons (Fsp3) is 0. The van der Waals surface area contributed by atoms with Crippen molar-refractivity contribution >= 4 is 11.8 Å². The number of carbonyl (C=O) groups is 2. The first-order valence-corrected chi connectivity index (χ1v) is 9.70. The van der Waals surface area contributed by atoms with E-state index in [9.17, 15) is 9.59 Å². The van der Waals surface area contributed by atoms with Crippen LogP contribution in [0.3, 0.4) is 0 Å². The van der Waals surface area contributed by atoms with E-state index >= 15 is 0 Å². The van der Waals surface area contributed by atoms with E-state index in [-0.39, 0.29) is 5.56 Å². The summed E-state index contributed by atoms with van der Waals surface area (Å²) in [5.41, 5.74) is 14.4. The average molecular weight is 408 g/mol. The molecule has 0 atom stereocenters. The zero-order chi connectivity index (χ0) is 21.8. The molecule has 0 fully saturated rings. The molecule has 0 spiro atoms. The Labute approximate surface area is 179 Å². The van der Waals surface area contributed by atoms with Gasteiger partial charge in [0.15, 0.2) is 0 Å². The molecule has 0 bridgehead atoms. The number of primary amides is 2. The molecule has 0 heterocycles. The van der Waals surface area contributed by atoms with Crippen molar-refractivity contribution in [2.75, 3.05) is 0 Å². The molecule has 4 N–H and O–H groups in total. The Morgan fingerprint density at radius 1 is 0.613 bits per heavy atom. The van der Waals surface area contributed by atoms with Crippen LogP contribution >= 0.6 is 0 Å². The van der Waals surface area contributed by atoms with E-state index in [0.29, 0.717) is 33.8 Å². The lowest BCUT2D eigenvalue weighted by molar-refractivity contribution is 0.0989. The second kappa shape index (κ2) is 8.55. The second-order valence-corrected chi connectivity index (χ2v) is 6.95. The summed E-state index contributed by atoms with van der Waals surface area (Å²) >= 11 is 0. The summed E-state index contributed by atoms with van der Waals surface area (Å²) in [7, 11) is 0. The molecule has 0 aliphatic carbocycles. The van der Waals surface area contributed by atoms with E-state index in [1.165, 1.54) is 0 Å². The standard InChI is InChI=1S/C26H20N2O3/c27-25(29)18-15-21(17-9-3-1-4-10-17)24(26(28)30)22(16-18)20-13-7-8-14-23(20)31-19-11-5-2-6-12-19/h1-16H,(H2,27,29)(H2,28,30). The lowest BCUT2D eigenvalue weighted by Gasteiger charge is -2.17. The van der Waals surface area contributed by atoms with Crippen LogP contribution in [-0.2, 0) is 0 Å². The van der Waals surface area contributed by atoms with Gasteiger partial charge < -0.3 is 16.2 Å². The maximum Gasteiger partial charge on any atom is 0.249 e. The van der Waals surface area contributed by atoms with Crippen LogP contribution < -0.4 is 16.2 Å². The monoisotopic (exact) mass is 408 g/mol. The summed E-state index contributed by atoms with van der Waals surface area (Å²) in [6.07, 6.45) is 0. The first kappa shape index (κ1) is 19.9. The SMILES string of the molecule is NC(=O)c1cc(-c2ccccc2)c(C(N)=O)c(-c2ccccc2Oc2ccccc2)c1. The molecule has 5 nitrogen and oxygen atoms in total. The number of carbonyl (C=O) groups excluding carboxylic acids is 2. The highest BCUT2D eigenvalue weighted by molar-refractivity contribution is 6.09. The molecule has 4 aromatic rings. The Hall–Kier alpha value is -4.38. The molecule has 0 aromatic heterocycles. The maximum absolute atomic E-state index is 12.6. The Morgan fingerprint density at radius 2 is 1.19 bits per heavy atom. The number of para-hydroxylation sites is 2. The smallest absolute Gasteiger partial charge is 0.249 e. The summed E-state index contributed by atoms with van der Waals surface area (Å²) in [6, 6.07) is 29.0. The van der Waals surface area contributed by atoms with Crippen LogP contribution in [0.2, 0.25) is 0 Å². The Morgan fingerprint density at radius 3 is 1.84 bits per heavy atom. The zero-order valence-corrected chi connectivity index (χ0v) is 16.6. The fourth-order valence-electron chi connectivity index (χ4n) is 3.50. The highest BCUT2D eigenvalue weighted by Gasteiger charge is 2.22. The minimum absolute atomic E-state index is 0.272. The van der Waals surface area contributed by atoms with Crippen molar-refractivity contribution in [3.63, 3.8) is 0 Å². The van der Waals surface area contributed by atoms with Crippen molar-refractivity contribution in [1.29, 1.82) is 0 Å². The predicted molar refractivity (Wildman–Crippen MR) is 121 cm³/mol. The van der Waals surface area contributed by atoms with Crippen LogP contribution in [0.15, 0.2) is 97.1 Å². The molecule has 2 amide bonds. The largest absolute Gasteiger partial charge is 0.457 e. The molecule has 4 aromatic carbocycles. The van der Waals surface area contributed by atoms with Crippen LogP contribution in [0.1, 0.15) is 20.7 Å². The molecule has 5 heteroatoms. The van der Waals surface area contributed by atoms with Gasteiger partial charge in [-0.05, 0) is 47.0 Å². The summed E-state index contributed by atoms with van der Waals surface area (Å²) in [5, 5.41) is 0. The van der Waals surface area contributed by atoms with Crippen molar-refractivity contribution in [3.8, 4) is 33.8 Å². The molecule has 4 rings (SSSR count). The molecule has 0 saturated heterocycles. The van der Waals surface area contributed by atoms with Gasteiger partial charge in [0.2, 0.25) is 11.8 Å². The third-order valence-corrected chi connectivity index (χ3v) is 4.90. The molecule has 0 aliphatic rings. The number of hydrogen-bond acceptors (Lipinski definition) is 3. The van der Waals surface area contributed by atoms with E-state index in [0.717, 1.165) is 5.56 Å². The Bertz CT molecular complexity index is 1250. The van der Waals surface area contributed by atoms with E-state index in [1.807, 2.05) is 78.9 Å². The van der Waals surface area contributed by atoms with Gasteiger partial charge in [-0.15, -0.1) is 0 Å². The molecule has 0 radical (unpaired) electrons. The summed E-state index contributed by atoms with van der Waals surface area (Å²) in [6.45, 7) is 0. The van der Waals surface area contributed by atoms with Crippen molar-refractivity contribution in [2.45, 2.75) is 0 Å². The maximum atomic E-state index is 12.6. The summed E-state index contributed by atoms with van der Waals surface area (Å²) < 4.78 is 6.08. The summed E-state index contributed by atoms with van der Waals surface area (Å²) in [5.74, 6) is -0.0444. The molecular weight excluding hydrogens is 388 g/mol. The number of rotatable bonds is 6. The van der Waals surface area contributed by atoms with Gasteiger partial charge in [0.05, 0.1) is 5.56 Å². The van der Waals surface area contributed by atoms with E-state index in [1.54, 1.807) is 18.2 Å². The molecule has 0 aliphatic heterocycles. The summed E-state index contributed by atoms with van der Waals surface area (Å²) in [4.78, 5) is 24.7. The number of nitrogens with two attached hydrogens (primary N) is 2. The van der Waals surface area contributed by atoms with Crippen LogP contribution in [-0.4, -0.2) is 11.8 Å². The highest BCUT2D eigenvalue weighted by atomic mass is 16.5. The number of hydrogen-bond donors (Lipinski definition) is 2. The van der Waals surface area contributed by atoms with Crippen molar-refractivity contribution in [2.24, 2.45) is 11.5 Å². The van der Waals surface area contributed by atoms with E-state index in [4.69, 9.17) is 16.2 Å². The van der Waals surface area contributed by atoms with Gasteiger partial charge in [-0.1, -0.05) is 66.7 Å². The molecule has 152 valence electrons. The average Bonchev–Trinajstić information content (AvgIpc) is 2.79. The van der Waals surface area contributed by atoms with Crippen LogP contribution in [0.4, 0.5) is 0 Å². The normalized spacial score (nSPS) is 10.5. The minimum Gasteiger partial charge on any atom is -0.457 e. The Kier molecular flexibility index (Phi) is 5.49. The van der Waals surface area contributed by atoms with Gasteiger partial charge in [-0.25, -0.2) is 0 Å². The van der Waals surface area contributed by atoms with Gasteiger partial charge >= 0.3 is 0 Å². The molecule has 0 unspecified atom stereocenters. The fourth-order valence-corrected chi connectivity index (χ4v) is 3.50. The van der Waals surface area contributed by atoms with Crippen molar-refractivity contribution < 1.29 is 14.3 Å². The van der Waals surface area contributed by atoms with Crippen molar-refractivity contribution in [3.05, 3.63) is 108 Å². The molecule has 31 heavy (non-hydrogen) atoms. The predicted octanol–water partition coefficient (Wildman–Crippen LogP) is 5.01.